The van der Waals surface area contributed by atoms with Crippen molar-refractivity contribution in [3.8, 4) is 0 Å². The van der Waals surface area contributed by atoms with E-state index in [4.69, 9.17) is 11.6 Å². The zero-order valence-electron chi connectivity index (χ0n) is 13.8. The van der Waals surface area contributed by atoms with E-state index in [1.807, 2.05) is 31.2 Å². The maximum atomic E-state index is 12.8. The summed E-state index contributed by atoms with van der Waals surface area (Å²) in [7, 11) is 1.76. The Hall–Kier alpha value is -2.05. The van der Waals surface area contributed by atoms with Gasteiger partial charge in [-0.3, -0.25) is 9.69 Å². The van der Waals surface area contributed by atoms with Crippen LogP contribution in [0.1, 0.15) is 16.7 Å². The Morgan fingerprint density at radius 1 is 1.20 bits per heavy atom. The topological polar surface area (TPSA) is 32.3 Å². The highest BCUT2D eigenvalue weighted by Crippen LogP contribution is 2.33. The fourth-order valence-electron chi connectivity index (χ4n) is 2.37. The molecule has 0 fully saturated rings. The maximum absolute atomic E-state index is 12.8. The van der Waals surface area contributed by atoms with Gasteiger partial charge in [0.05, 0.1) is 22.8 Å². The second-order valence-corrected chi connectivity index (χ2v) is 6.25. The summed E-state index contributed by atoms with van der Waals surface area (Å²) in [6, 6.07) is 10.6. The Morgan fingerprint density at radius 2 is 1.88 bits per heavy atom. The van der Waals surface area contributed by atoms with Crippen molar-refractivity contribution in [2.75, 3.05) is 18.9 Å². The Labute approximate surface area is 149 Å². The number of rotatable bonds is 5. The number of halogens is 4. The van der Waals surface area contributed by atoms with Crippen LogP contribution in [0.5, 0.6) is 0 Å². The molecule has 25 heavy (non-hydrogen) atoms. The highest BCUT2D eigenvalue weighted by atomic mass is 35.5. The van der Waals surface area contributed by atoms with E-state index in [0.717, 1.165) is 29.3 Å². The summed E-state index contributed by atoms with van der Waals surface area (Å²) in [6.07, 6.45) is -4.49. The number of carbonyl (C=O) groups is 1. The van der Waals surface area contributed by atoms with Gasteiger partial charge in [0.1, 0.15) is 0 Å². The van der Waals surface area contributed by atoms with E-state index in [-0.39, 0.29) is 17.3 Å². The number of likely N-dealkylation sites (N-methyl/N-ethyl adjacent to an activating group) is 1. The van der Waals surface area contributed by atoms with Crippen molar-refractivity contribution in [2.45, 2.75) is 19.6 Å². The maximum Gasteiger partial charge on any atom is 0.416 e. The fourth-order valence-corrected chi connectivity index (χ4v) is 2.53. The number of nitrogens with zero attached hydrogens (tertiary/aromatic N) is 1. The third-order valence-corrected chi connectivity index (χ3v) is 4.01. The van der Waals surface area contributed by atoms with E-state index in [1.54, 1.807) is 11.9 Å². The molecule has 0 radical (unpaired) electrons. The van der Waals surface area contributed by atoms with Gasteiger partial charge in [0.15, 0.2) is 0 Å². The van der Waals surface area contributed by atoms with Crippen molar-refractivity contribution in [2.24, 2.45) is 0 Å². The minimum Gasteiger partial charge on any atom is -0.324 e. The number of amides is 1. The second kappa shape index (κ2) is 7.89. The third-order valence-electron chi connectivity index (χ3n) is 3.68. The van der Waals surface area contributed by atoms with Crippen LogP contribution in [0.2, 0.25) is 5.02 Å². The molecule has 0 spiro atoms. The van der Waals surface area contributed by atoms with Crippen molar-refractivity contribution in [3.05, 3.63) is 64.2 Å². The van der Waals surface area contributed by atoms with E-state index >= 15 is 0 Å². The predicted molar refractivity (Wildman–Crippen MR) is 92.6 cm³/mol. The molecule has 0 saturated carbocycles. The molecular formula is C18H18ClF3N2O. The van der Waals surface area contributed by atoms with Crippen LogP contribution in [0.25, 0.3) is 0 Å². The smallest absolute Gasteiger partial charge is 0.324 e. The molecule has 0 aromatic heterocycles. The van der Waals surface area contributed by atoms with Crippen molar-refractivity contribution in [1.29, 1.82) is 0 Å². The number of nitrogens with one attached hydrogen (secondary N) is 1. The zero-order valence-corrected chi connectivity index (χ0v) is 14.6. The first-order valence-electron chi connectivity index (χ1n) is 7.56. The summed E-state index contributed by atoms with van der Waals surface area (Å²) in [5, 5.41) is 2.50. The first-order chi connectivity index (χ1) is 11.7. The number of aryl methyl sites for hydroxylation is 1. The van der Waals surface area contributed by atoms with Gasteiger partial charge in [-0.25, -0.2) is 0 Å². The largest absolute Gasteiger partial charge is 0.416 e. The van der Waals surface area contributed by atoms with Gasteiger partial charge >= 0.3 is 6.18 Å². The Morgan fingerprint density at radius 3 is 2.52 bits per heavy atom. The van der Waals surface area contributed by atoms with Gasteiger partial charge in [-0.15, -0.1) is 0 Å². The number of hydrogen-bond acceptors (Lipinski definition) is 2. The minimum atomic E-state index is -4.49. The Bertz CT molecular complexity index is 762. The lowest BCUT2D eigenvalue weighted by molar-refractivity contribution is -0.137. The Balaban J connectivity index is 2.01. The summed E-state index contributed by atoms with van der Waals surface area (Å²) in [6.45, 7) is 2.56. The summed E-state index contributed by atoms with van der Waals surface area (Å²) in [5.41, 5.74) is 1.27. The molecule has 0 bridgehead atoms. The van der Waals surface area contributed by atoms with E-state index in [9.17, 15) is 18.0 Å². The van der Waals surface area contributed by atoms with Crippen LogP contribution in [0, 0.1) is 6.92 Å². The molecule has 0 atom stereocenters. The van der Waals surface area contributed by atoms with Crippen LogP contribution >= 0.6 is 11.6 Å². The number of anilines is 1. The molecule has 2 aromatic carbocycles. The lowest BCUT2D eigenvalue weighted by Crippen LogP contribution is -2.30. The Kier molecular flexibility index (Phi) is 6.08. The monoisotopic (exact) mass is 370 g/mol. The molecule has 7 heteroatoms. The average molecular weight is 371 g/mol. The van der Waals surface area contributed by atoms with Crippen molar-refractivity contribution >= 4 is 23.2 Å². The molecule has 0 heterocycles. The van der Waals surface area contributed by atoms with Crippen LogP contribution in [-0.2, 0) is 17.5 Å². The second-order valence-electron chi connectivity index (χ2n) is 5.84. The summed E-state index contributed by atoms with van der Waals surface area (Å²) < 4.78 is 38.3. The molecule has 0 saturated heterocycles. The van der Waals surface area contributed by atoms with Gasteiger partial charge in [-0.2, -0.15) is 13.2 Å². The van der Waals surface area contributed by atoms with E-state index in [1.165, 1.54) is 0 Å². The van der Waals surface area contributed by atoms with Gasteiger partial charge < -0.3 is 5.32 Å². The molecule has 0 aliphatic heterocycles. The number of benzene rings is 2. The van der Waals surface area contributed by atoms with E-state index < -0.39 is 17.6 Å². The molecule has 0 aliphatic rings. The first kappa shape index (κ1) is 19.3. The van der Waals surface area contributed by atoms with E-state index in [2.05, 4.69) is 5.32 Å². The predicted octanol–water partition coefficient (Wildman–Crippen LogP) is 4.74. The van der Waals surface area contributed by atoms with E-state index in [0.29, 0.717) is 6.54 Å². The van der Waals surface area contributed by atoms with Crippen LogP contribution < -0.4 is 5.32 Å². The fraction of sp³-hybridized carbons (Fsp3) is 0.278. The highest BCUT2D eigenvalue weighted by molar-refractivity contribution is 6.33. The van der Waals surface area contributed by atoms with Gasteiger partial charge in [0.25, 0.3) is 0 Å². The molecule has 2 rings (SSSR count). The number of carbonyl (C=O) groups excluding carboxylic acids is 1. The molecular weight excluding hydrogens is 353 g/mol. The third kappa shape index (κ3) is 5.47. The highest BCUT2D eigenvalue weighted by Gasteiger charge is 2.31. The normalized spacial score (nSPS) is 11.6. The molecule has 0 unspecified atom stereocenters. The summed E-state index contributed by atoms with van der Waals surface area (Å²) in [5.74, 6) is -0.433. The van der Waals surface area contributed by atoms with Crippen molar-refractivity contribution in [1.82, 2.24) is 4.90 Å². The van der Waals surface area contributed by atoms with Crippen LogP contribution in [-0.4, -0.2) is 24.4 Å². The minimum absolute atomic E-state index is 0.0287. The summed E-state index contributed by atoms with van der Waals surface area (Å²) in [4.78, 5) is 13.9. The average Bonchev–Trinajstić information content (AvgIpc) is 2.50. The van der Waals surface area contributed by atoms with Crippen molar-refractivity contribution in [3.63, 3.8) is 0 Å². The lowest BCUT2D eigenvalue weighted by atomic mass is 10.1. The zero-order chi connectivity index (χ0) is 18.6. The first-order valence-corrected chi connectivity index (χ1v) is 7.94. The van der Waals surface area contributed by atoms with Gasteiger partial charge in [-0.05, 0) is 43.3 Å². The van der Waals surface area contributed by atoms with Crippen LogP contribution in [0.15, 0.2) is 42.5 Å². The van der Waals surface area contributed by atoms with Gasteiger partial charge in [0.2, 0.25) is 5.91 Å². The lowest BCUT2D eigenvalue weighted by Gasteiger charge is -2.18. The molecule has 0 aliphatic carbocycles. The van der Waals surface area contributed by atoms with Crippen LogP contribution in [0.3, 0.4) is 0 Å². The molecule has 3 nitrogen and oxygen atoms in total. The molecule has 134 valence electrons. The standard InChI is InChI=1S/C18H18ClF3N2O/c1-12-5-3-4-6-13(12)10-24(2)11-17(25)23-16-9-14(18(20,21)22)7-8-15(16)19/h3-9H,10-11H2,1-2H3,(H,23,25). The summed E-state index contributed by atoms with van der Waals surface area (Å²) >= 11 is 5.88. The molecule has 1 amide bonds. The number of alkyl halides is 3. The quantitative estimate of drug-likeness (QED) is 0.824. The SMILES string of the molecule is Cc1ccccc1CN(C)CC(=O)Nc1cc(C(F)(F)F)ccc1Cl. The van der Waals surface area contributed by atoms with Gasteiger partial charge in [0, 0.05) is 6.54 Å². The molecule has 1 N–H and O–H groups in total. The molecule has 2 aromatic rings. The number of hydrogen-bond donors (Lipinski definition) is 1. The van der Waals surface area contributed by atoms with Gasteiger partial charge in [-0.1, -0.05) is 35.9 Å². The van der Waals surface area contributed by atoms with Crippen molar-refractivity contribution < 1.29 is 18.0 Å². The van der Waals surface area contributed by atoms with Crippen LogP contribution in [0.4, 0.5) is 18.9 Å².